The molecule has 1 aliphatic rings. The normalized spacial score (nSPS) is 23.9. The smallest absolute Gasteiger partial charge is 0.149 e. The number of carbonyl (C=O) groups excluding carboxylic acids is 1. The Bertz CT molecular complexity index is 128. The molecular weight excluding hydrogens is 138 g/mol. The van der Waals surface area contributed by atoms with Crippen LogP contribution in [0.3, 0.4) is 0 Å². The lowest BCUT2D eigenvalue weighted by Gasteiger charge is -2.07. The molecule has 0 unspecified atom stereocenters. The second-order valence-corrected chi connectivity index (χ2v) is 3.22. The van der Waals surface area contributed by atoms with Crippen molar-refractivity contribution in [3.8, 4) is 0 Å². The molecule has 1 heterocycles. The van der Waals surface area contributed by atoms with Gasteiger partial charge in [0.1, 0.15) is 5.78 Å². The highest BCUT2D eigenvalue weighted by Crippen LogP contribution is 2.09. The van der Waals surface area contributed by atoms with Gasteiger partial charge in [0.05, 0.1) is 6.04 Å². The van der Waals surface area contributed by atoms with Crippen LogP contribution in [-0.2, 0) is 4.79 Å². The van der Waals surface area contributed by atoms with E-state index >= 15 is 0 Å². The Morgan fingerprint density at radius 3 is 3.00 bits per heavy atom. The third-order valence-electron chi connectivity index (χ3n) is 2.23. The van der Waals surface area contributed by atoms with Gasteiger partial charge in [-0.3, -0.25) is 4.79 Å². The number of rotatable bonds is 4. The standard InChI is InChI=1S/C9H17NO/c1-2-3-6-9(11)8-5-4-7-10-8/h8,10H,2-7H2,1H3/t8-/m1/s1. The minimum Gasteiger partial charge on any atom is -0.307 e. The lowest BCUT2D eigenvalue weighted by atomic mass is 10.1. The van der Waals surface area contributed by atoms with Crippen LogP contribution in [0.1, 0.15) is 39.0 Å². The lowest BCUT2D eigenvalue weighted by Crippen LogP contribution is -2.30. The molecule has 2 heteroatoms. The molecule has 1 aliphatic heterocycles. The van der Waals surface area contributed by atoms with Crippen molar-refractivity contribution in [1.82, 2.24) is 5.32 Å². The number of unbranched alkanes of at least 4 members (excludes halogenated alkanes) is 1. The van der Waals surface area contributed by atoms with Crippen molar-refractivity contribution in [3.63, 3.8) is 0 Å². The largest absolute Gasteiger partial charge is 0.307 e. The molecule has 0 aromatic heterocycles. The maximum atomic E-state index is 11.3. The van der Waals surface area contributed by atoms with E-state index < -0.39 is 0 Å². The second kappa shape index (κ2) is 4.50. The van der Waals surface area contributed by atoms with Crippen LogP contribution >= 0.6 is 0 Å². The maximum absolute atomic E-state index is 11.3. The predicted molar refractivity (Wildman–Crippen MR) is 45.6 cm³/mol. The predicted octanol–water partition coefficient (Wildman–Crippen LogP) is 1.50. The molecule has 1 saturated heterocycles. The van der Waals surface area contributed by atoms with Gasteiger partial charge in [-0.15, -0.1) is 0 Å². The number of ketones is 1. The van der Waals surface area contributed by atoms with Gasteiger partial charge in [-0.1, -0.05) is 13.3 Å². The molecule has 0 aliphatic carbocycles. The minimum atomic E-state index is 0.196. The molecule has 2 nitrogen and oxygen atoms in total. The van der Waals surface area contributed by atoms with Gasteiger partial charge >= 0.3 is 0 Å². The fourth-order valence-corrected chi connectivity index (χ4v) is 1.48. The molecule has 0 amide bonds. The summed E-state index contributed by atoms with van der Waals surface area (Å²) < 4.78 is 0. The zero-order chi connectivity index (χ0) is 8.10. The minimum absolute atomic E-state index is 0.196. The molecule has 0 bridgehead atoms. The summed E-state index contributed by atoms with van der Waals surface area (Å²) in [5.74, 6) is 0.421. The quantitative estimate of drug-likeness (QED) is 0.666. The van der Waals surface area contributed by atoms with Crippen molar-refractivity contribution in [2.45, 2.75) is 45.1 Å². The van der Waals surface area contributed by atoms with Crippen molar-refractivity contribution < 1.29 is 4.79 Å². The SMILES string of the molecule is CCCCC(=O)[C@H]1CCCN1. The van der Waals surface area contributed by atoms with Crippen molar-refractivity contribution in [1.29, 1.82) is 0 Å². The molecule has 0 aromatic rings. The first-order valence-electron chi connectivity index (χ1n) is 4.60. The lowest BCUT2D eigenvalue weighted by molar-refractivity contribution is -0.120. The van der Waals surface area contributed by atoms with Gasteiger partial charge in [-0.2, -0.15) is 0 Å². The monoisotopic (exact) mass is 155 g/mol. The molecule has 1 atom stereocenters. The van der Waals surface area contributed by atoms with Gasteiger partial charge in [0.2, 0.25) is 0 Å². The molecule has 0 spiro atoms. The molecule has 0 saturated carbocycles. The van der Waals surface area contributed by atoms with Crippen LogP contribution in [0.5, 0.6) is 0 Å². The van der Waals surface area contributed by atoms with E-state index in [0.717, 1.165) is 32.2 Å². The Morgan fingerprint density at radius 1 is 1.64 bits per heavy atom. The molecule has 1 fully saturated rings. The summed E-state index contributed by atoms with van der Waals surface area (Å²) in [5, 5.41) is 3.22. The van der Waals surface area contributed by atoms with E-state index in [1.165, 1.54) is 6.42 Å². The first-order chi connectivity index (χ1) is 5.34. The Morgan fingerprint density at radius 2 is 2.45 bits per heavy atom. The molecule has 0 radical (unpaired) electrons. The summed E-state index contributed by atoms with van der Waals surface area (Å²) in [4.78, 5) is 11.3. The zero-order valence-corrected chi connectivity index (χ0v) is 7.23. The van der Waals surface area contributed by atoms with Crippen molar-refractivity contribution >= 4 is 5.78 Å². The average molecular weight is 155 g/mol. The third-order valence-corrected chi connectivity index (χ3v) is 2.23. The molecular formula is C9H17NO. The van der Waals surface area contributed by atoms with Crippen LogP contribution in [0.4, 0.5) is 0 Å². The van der Waals surface area contributed by atoms with Crippen LogP contribution in [0.15, 0.2) is 0 Å². The first-order valence-corrected chi connectivity index (χ1v) is 4.60. The summed E-state index contributed by atoms with van der Waals surface area (Å²) in [6.07, 6.45) is 5.18. The Balaban J connectivity index is 2.17. The van der Waals surface area contributed by atoms with Crippen LogP contribution in [0, 0.1) is 0 Å². The summed E-state index contributed by atoms with van der Waals surface area (Å²) >= 11 is 0. The highest BCUT2D eigenvalue weighted by molar-refractivity contribution is 5.84. The Kier molecular flexibility index (Phi) is 3.57. The maximum Gasteiger partial charge on any atom is 0.149 e. The number of nitrogens with one attached hydrogen (secondary N) is 1. The fourth-order valence-electron chi connectivity index (χ4n) is 1.48. The van der Waals surface area contributed by atoms with E-state index in [0.29, 0.717) is 5.78 Å². The molecule has 11 heavy (non-hydrogen) atoms. The summed E-state index contributed by atoms with van der Waals surface area (Å²) in [5.41, 5.74) is 0. The fraction of sp³-hybridized carbons (Fsp3) is 0.889. The highest BCUT2D eigenvalue weighted by atomic mass is 16.1. The van der Waals surface area contributed by atoms with Crippen molar-refractivity contribution in [2.75, 3.05) is 6.54 Å². The topological polar surface area (TPSA) is 29.1 Å². The van der Waals surface area contributed by atoms with Gasteiger partial charge in [0, 0.05) is 6.42 Å². The van der Waals surface area contributed by atoms with E-state index in [-0.39, 0.29) is 6.04 Å². The Hall–Kier alpha value is -0.370. The molecule has 0 aromatic carbocycles. The first kappa shape index (κ1) is 8.72. The van der Waals surface area contributed by atoms with Crippen LogP contribution in [-0.4, -0.2) is 18.4 Å². The van der Waals surface area contributed by atoms with E-state index in [1.807, 2.05) is 0 Å². The summed E-state index contributed by atoms with van der Waals surface area (Å²) in [7, 11) is 0. The van der Waals surface area contributed by atoms with Crippen LogP contribution in [0.25, 0.3) is 0 Å². The number of Topliss-reactive ketones (excluding diaryl/α,β-unsaturated/α-hetero) is 1. The van der Waals surface area contributed by atoms with Crippen molar-refractivity contribution in [3.05, 3.63) is 0 Å². The summed E-state index contributed by atoms with van der Waals surface area (Å²) in [6, 6.07) is 0.196. The molecule has 1 rings (SSSR count). The van der Waals surface area contributed by atoms with Crippen LogP contribution < -0.4 is 5.32 Å². The average Bonchev–Trinajstić information content (AvgIpc) is 2.52. The zero-order valence-electron chi connectivity index (χ0n) is 7.23. The van der Waals surface area contributed by atoms with Gasteiger partial charge in [-0.25, -0.2) is 0 Å². The third kappa shape index (κ3) is 2.62. The summed E-state index contributed by atoms with van der Waals surface area (Å²) in [6.45, 7) is 3.15. The molecule has 1 N–H and O–H groups in total. The number of carbonyl (C=O) groups is 1. The van der Waals surface area contributed by atoms with E-state index in [2.05, 4.69) is 12.2 Å². The van der Waals surface area contributed by atoms with Gasteiger partial charge in [0.25, 0.3) is 0 Å². The van der Waals surface area contributed by atoms with Gasteiger partial charge in [0.15, 0.2) is 0 Å². The van der Waals surface area contributed by atoms with E-state index in [9.17, 15) is 4.79 Å². The van der Waals surface area contributed by atoms with E-state index in [1.54, 1.807) is 0 Å². The number of hydrogen-bond donors (Lipinski definition) is 1. The van der Waals surface area contributed by atoms with Gasteiger partial charge in [-0.05, 0) is 25.8 Å². The highest BCUT2D eigenvalue weighted by Gasteiger charge is 2.20. The van der Waals surface area contributed by atoms with Gasteiger partial charge < -0.3 is 5.32 Å². The molecule has 64 valence electrons. The van der Waals surface area contributed by atoms with Crippen molar-refractivity contribution in [2.24, 2.45) is 0 Å². The van der Waals surface area contributed by atoms with E-state index in [4.69, 9.17) is 0 Å². The Labute approximate surface area is 68.4 Å². The second-order valence-electron chi connectivity index (χ2n) is 3.22. The van der Waals surface area contributed by atoms with Crippen LogP contribution in [0.2, 0.25) is 0 Å². The number of hydrogen-bond acceptors (Lipinski definition) is 2.